The highest BCUT2D eigenvalue weighted by Gasteiger charge is 2.22. The first-order valence-electron chi connectivity index (χ1n) is 5.29. The third-order valence-corrected chi connectivity index (χ3v) is 3.74. The van der Waals surface area contributed by atoms with Crippen LogP contribution in [0.25, 0.3) is 0 Å². The van der Waals surface area contributed by atoms with Crippen LogP contribution in [0.15, 0.2) is 0 Å². The summed E-state index contributed by atoms with van der Waals surface area (Å²) in [6, 6.07) is 0.403. The van der Waals surface area contributed by atoms with E-state index in [2.05, 4.69) is 18.7 Å². The average molecular weight is 202 g/mol. The number of nitrogens with two attached hydrogens (primary N) is 1. The topological polar surface area (TPSA) is 29.3 Å². The highest BCUT2D eigenvalue weighted by Crippen LogP contribution is 2.15. The van der Waals surface area contributed by atoms with Crippen LogP contribution in [0.2, 0.25) is 0 Å². The third-order valence-electron chi connectivity index (χ3n) is 2.86. The molecule has 13 heavy (non-hydrogen) atoms. The number of rotatable bonds is 4. The first-order chi connectivity index (χ1) is 6.24. The van der Waals surface area contributed by atoms with Gasteiger partial charge in [-0.25, -0.2) is 0 Å². The molecule has 0 aliphatic carbocycles. The van der Waals surface area contributed by atoms with Crippen molar-refractivity contribution in [3.8, 4) is 0 Å². The first-order valence-corrected chi connectivity index (χ1v) is 6.45. The molecule has 2 nitrogen and oxygen atoms in total. The van der Waals surface area contributed by atoms with E-state index in [1.807, 2.05) is 11.8 Å². The molecule has 0 spiro atoms. The lowest BCUT2D eigenvalue weighted by Crippen LogP contribution is -2.48. The molecule has 0 aromatic rings. The zero-order valence-corrected chi connectivity index (χ0v) is 9.65. The van der Waals surface area contributed by atoms with Crippen molar-refractivity contribution in [2.24, 2.45) is 11.7 Å². The zero-order valence-electron chi connectivity index (χ0n) is 8.83. The third kappa shape index (κ3) is 3.88. The van der Waals surface area contributed by atoms with Crippen LogP contribution < -0.4 is 5.73 Å². The van der Waals surface area contributed by atoms with E-state index in [0.29, 0.717) is 6.04 Å². The Balaban J connectivity index is 2.14. The quantitative estimate of drug-likeness (QED) is 0.699. The number of likely N-dealkylation sites (tertiary alicyclic amines) is 1. The molecule has 2 N–H and O–H groups in total. The molecular weight excluding hydrogens is 180 g/mol. The predicted octanol–water partition coefficient (Wildman–Crippen LogP) is 1.41. The summed E-state index contributed by atoms with van der Waals surface area (Å²) in [5.41, 5.74) is 6.02. The summed E-state index contributed by atoms with van der Waals surface area (Å²) in [5, 5.41) is 0. The monoisotopic (exact) mass is 202 g/mol. The van der Waals surface area contributed by atoms with Gasteiger partial charge in [0.05, 0.1) is 0 Å². The predicted molar refractivity (Wildman–Crippen MR) is 61.2 cm³/mol. The van der Waals surface area contributed by atoms with Crippen LogP contribution in [0.4, 0.5) is 0 Å². The second-order valence-corrected chi connectivity index (χ2v) is 5.32. The Morgan fingerprint density at radius 1 is 1.54 bits per heavy atom. The standard InChI is InChI=1S/C10H22N2S/c1-3-13-7-6-12-5-4-9(2)10(11)8-12/h9-10H,3-8,11H2,1-2H3. The van der Waals surface area contributed by atoms with Gasteiger partial charge in [0.2, 0.25) is 0 Å². The molecule has 0 aromatic heterocycles. The molecule has 0 radical (unpaired) electrons. The molecule has 1 rings (SSSR count). The molecule has 3 heteroatoms. The zero-order chi connectivity index (χ0) is 9.68. The molecule has 1 heterocycles. The van der Waals surface area contributed by atoms with Gasteiger partial charge in [-0.15, -0.1) is 0 Å². The van der Waals surface area contributed by atoms with Crippen molar-refractivity contribution < 1.29 is 0 Å². The summed E-state index contributed by atoms with van der Waals surface area (Å²) in [6.45, 7) is 8.06. The second-order valence-electron chi connectivity index (χ2n) is 3.93. The maximum absolute atomic E-state index is 6.02. The minimum absolute atomic E-state index is 0.403. The van der Waals surface area contributed by atoms with Gasteiger partial charge in [0.15, 0.2) is 0 Å². The lowest BCUT2D eigenvalue weighted by Gasteiger charge is -2.34. The molecule has 0 saturated carbocycles. The van der Waals surface area contributed by atoms with E-state index in [0.717, 1.165) is 12.5 Å². The molecule has 2 atom stereocenters. The fourth-order valence-electron chi connectivity index (χ4n) is 1.71. The fourth-order valence-corrected chi connectivity index (χ4v) is 2.39. The van der Waals surface area contributed by atoms with Gasteiger partial charge in [-0.05, 0) is 24.6 Å². The Morgan fingerprint density at radius 3 is 2.92 bits per heavy atom. The Labute approximate surface area is 86.2 Å². The summed E-state index contributed by atoms with van der Waals surface area (Å²) >= 11 is 2.02. The SMILES string of the molecule is CCSCCN1CCC(C)C(N)C1. The van der Waals surface area contributed by atoms with Crippen molar-refractivity contribution in [2.45, 2.75) is 26.3 Å². The molecule has 2 unspecified atom stereocenters. The minimum atomic E-state index is 0.403. The molecular formula is C10H22N2S. The van der Waals surface area contributed by atoms with Crippen LogP contribution in [-0.4, -0.2) is 42.1 Å². The van der Waals surface area contributed by atoms with Gasteiger partial charge in [0.25, 0.3) is 0 Å². The summed E-state index contributed by atoms with van der Waals surface area (Å²) in [6.07, 6.45) is 1.28. The second kappa shape index (κ2) is 5.89. The molecule has 1 aliphatic heterocycles. The van der Waals surface area contributed by atoms with Crippen molar-refractivity contribution >= 4 is 11.8 Å². The van der Waals surface area contributed by atoms with E-state index < -0.39 is 0 Å². The number of hydrogen-bond donors (Lipinski definition) is 1. The van der Waals surface area contributed by atoms with Crippen LogP contribution in [0, 0.1) is 5.92 Å². The average Bonchev–Trinajstić information content (AvgIpc) is 2.12. The van der Waals surface area contributed by atoms with Crippen molar-refractivity contribution in [3.63, 3.8) is 0 Å². The van der Waals surface area contributed by atoms with Crippen LogP contribution in [0.3, 0.4) is 0 Å². The highest BCUT2D eigenvalue weighted by atomic mass is 32.2. The van der Waals surface area contributed by atoms with Gasteiger partial charge >= 0.3 is 0 Å². The molecule has 1 fully saturated rings. The molecule has 0 aromatic carbocycles. The van der Waals surface area contributed by atoms with Crippen molar-refractivity contribution in [1.82, 2.24) is 4.90 Å². The van der Waals surface area contributed by atoms with E-state index >= 15 is 0 Å². The van der Waals surface area contributed by atoms with Gasteiger partial charge in [-0.2, -0.15) is 11.8 Å². The molecule has 78 valence electrons. The van der Waals surface area contributed by atoms with Crippen LogP contribution in [0.5, 0.6) is 0 Å². The van der Waals surface area contributed by atoms with E-state index in [4.69, 9.17) is 5.73 Å². The summed E-state index contributed by atoms with van der Waals surface area (Å²) in [7, 11) is 0. The lowest BCUT2D eigenvalue weighted by molar-refractivity contribution is 0.178. The Kier molecular flexibility index (Phi) is 5.14. The van der Waals surface area contributed by atoms with Gasteiger partial charge in [-0.3, -0.25) is 0 Å². The summed E-state index contributed by atoms with van der Waals surface area (Å²) in [4.78, 5) is 2.51. The molecule has 0 amide bonds. The van der Waals surface area contributed by atoms with Gasteiger partial charge in [0.1, 0.15) is 0 Å². The normalized spacial score (nSPS) is 30.7. The maximum Gasteiger partial charge on any atom is 0.0194 e. The van der Waals surface area contributed by atoms with Gasteiger partial charge < -0.3 is 10.6 Å². The summed E-state index contributed by atoms with van der Waals surface area (Å²) in [5.74, 6) is 3.21. The Morgan fingerprint density at radius 2 is 2.31 bits per heavy atom. The smallest absolute Gasteiger partial charge is 0.0194 e. The number of hydrogen-bond acceptors (Lipinski definition) is 3. The highest BCUT2D eigenvalue weighted by molar-refractivity contribution is 7.99. The number of thioether (sulfide) groups is 1. The Bertz CT molecular complexity index is 141. The lowest BCUT2D eigenvalue weighted by atomic mass is 9.94. The van der Waals surface area contributed by atoms with E-state index in [1.54, 1.807) is 0 Å². The van der Waals surface area contributed by atoms with Crippen LogP contribution in [0.1, 0.15) is 20.3 Å². The number of piperidine rings is 1. The number of nitrogens with zero attached hydrogens (tertiary/aromatic N) is 1. The summed E-state index contributed by atoms with van der Waals surface area (Å²) < 4.78 is 0. The maximum atomic E-state index is 6.02. The fraction of sp³-hybridized carbons (Fsp3) is 1.00. The van der Waals surface area contributed by atoms with E-state index in [1.165, 1.54) is 31.0 Å². The minimum Gasteiger partial charge on any atom is -0.326 e. The van der Waals surface area contributed by atoms with Crippen molar-refractivity contribution in [3.05, 3.63) is 0 Å². The molecule has 1 saturated heterocycles. The molecule has 1 aliphatic rings. The van der Waals surface area contributed by atoms with Crippen LogP contribution >= 0.6 is 11.8 Å². The van der Waals surface area contributed by atoms with E-state index in [9.17, 15) is 0 Å². The van der Waals surface area contributed by atoms with Crippen LogP contribution in [-0.2, 0) is 0 Å². The molecule has 0 bridgehead atoms. The van der Waals surface area contributed by atoms with Crippen molar-refractivity contribution in [2.75, 3.05) is 31.1 Å². The Hall–Kier alpha value is 0.270. The van der Waals surface area contributed by atoms with Crippen molar-refractivity contribution in [1.29, 1.82) is 0 Å². The first kappa shape index (κ1) is 11.3. The largest absolute Gasteiger partial charge is 0.326 e. The van der Waals surface area contributed by atoms with Gasteiger partial charge in [0, 0.05) is 24.9 Å². The van der Waals surface area contributed by atoms with Gasteiger partial charge in [-0.1, -0.05) is 13.8 Å². The van der Waals surface area contributed by atoms with E-state index in [-0.39, 0.29) is 0 Å².